The number of aliphatic carboxylic acids is 1. The van der Waals surface area contributed by atoms with E-state index in [1.54, 1.807) is 12.1 Å². The summed E-state index contributed by atoms with van der Waals surface area (Å²) in [6.07, 6.45) is 1.20. The standard InChI is InChI=1S/C22H37NO5SSi/c1-10-11-19(21(24)25)23-29(26,27)20-13-12-17(14-18(20)15(2)3)16(4)28-30(8,9)22(5,6)7/h10,12-16,19,23H,1,11H2,2-9H3,(H,24,25)/t16-,19+/m1/s1. The number of sulfonamides is 1. The Hall–Kier alpha value is -1.48. The molecule has 0 aliphatic carbocycles. The molecule has 0 aliphatic rings. The lowest BCUT2D eigenvalue weighted by Gasteiger charge is -2.38. The first-order valence-electron chi connectivity index (χ1n) is 10.2. The zero-order valence-corrected chi connectivity index (χ0v) is 21.3. The van der Waals surface area contributed by atoms with Gasteiger partial charge in [-0.25, -0.2) is 8.42 Å². The fourth-order valence-electron chi connectivity index (χ4n) is 2.82. The third-order valence-corrected chi connectivity index (χ3v) is 11.8. The van der Waals surface area contributed by atoms with Gasteiger partial charge in [-0.05, 0) is 54.6 Å². The van der Waals surface area contributed by atoms with Crippen molar-refractivity contribution in [2.24, 2.45) is 0 Å². The molecule has 1 aromatic rings. The summed E-state index contributed by atoms with van der Waals surface area (Å²) in [6.45, 7) is 20.2. The summed E-state index contributed by atoms with van der Waals surface area (Å²) in [4.78, 5) is 11.5. The second-order valence-electron chi connectivity index (χ2n) is 9.51. The molecule has 0 unspecified atom stereocenters. The Labute approximate surface area is 182 Å². The van der Waals surface area contributed by atoms with Crippen molar-refractivity contribution in [3.63, 3.8) is 0 Å². The van der Waals surface area contributed by atoms with Gasteiger partial charge in [0.2, 0.25) is 10.0 Å². The number of carboxylic acid groups (broad SMARTS) is 1. The van der Waals surface area contributed by atoms with E-state index in [1.807, 2.05) is 26.8 Å². The van der Waals surface area contributed by atoms with Gasteiger partial charge < -0.3 is 9.53 Å². The van der Waals surface area contributed by atoms with E-state index in [9.17, 15) is 18.3 Å². The van der Waals surface area contributed by atoms with Crippen LogP contribution in [0.5, 0.6) is 0 Å². The van der Waals surface area contributed by atoms with Crippen molar-refractivity contribution in [1.82, 2.24) is 4.72 Å². The molecule has 0 aliphatic heterocycles. The highest BCUT2D eigenvalue weighted by molar-refractivity contribution is 7.89. The summed E-state index contributed by atoms with van der Waals surface area (Å²) in [5.41, 5.74) is 1.54. The van der Waals surface area contributed by atoms with Crippen molar-refractivity contribution in [3.05, 3.63) is 42.0 Å². The molecule has 0 bridgehead atoms. The molecule has 2 N–H and O–H groups in total. The predicted molar refractivity (Wildman–Crippen MR) is 124 cm³/mol. The molecular weight excluding hydrogens is 418 g/mol. The molecule has 1 aromatic carbocycles. The van der Waals surface area contributed by atoms with Gasteiger partial charge in [0.25, 0.3) is 0 Å². The number of hydrogen-bond donors (Lipinski definition) is 2. The largest absolute Gasteiger partial charge is 0.480 e. The summed E-state index contributed by atoms with van der Waals surface area (Å²) in [5.74, 6) is -1.31. The highest BCUT2D eigenvalue weighted by atomic mass is 32.2. The molecule has 170 valence electrons. The van der Waals surface area contributed by atoms with Gasteiger partial charge in [0.15, 0.2) is 8.32 Å². The number of rotatable bonds is 10. The van der Waals surface area contributed by atoms with Crippen molar-refractivity contribution in [3.8, 4) is 0 Å². The lowest BCUT2D eigenvalue weighted by molar-refractivity contribution is -0.138. The van der Waals surface area contributed by atoms with E-state index >= 15 is 0 Å². The fourth-order valence-corrected chi connectivity index (χ4v) is 5.74. The summed E-state index contributed by atoms with van der Waals surface area (Å²) in [7, 11) is -6.01. The molecule has 0 amide bonds. The minimum Gasteiger partial charge on any atom is -0.480 e. The van der Waals surface area contributed by atoms with Crippen molar-refractivity contribution < 1.29 is 22.7 Å². The van der Waals surface area contributed by atoms with Crippen molar-refractivity contribution in [2.45, 2.75) is 89.1 Å². The summed E-state index contributed by atoms with van der Waals surface area (Å²) >= 11 is 0. The normalized spacial score (nSPS) is 15.1. The van der Waals surface area contributed by atoms with Crippen LogP contribution >= 0.6 is 0 Å². The zero-order chi connectivity index (χ0) is 23.5. The molecule has 1 rings (SSSR count). The molecule has 6 nitrogen and oxygen atoms in total. The Morgan fingerprint density at radius 1 is 1.27 bits per heavy atom. The van der Waals surface area contributed by atoms with E-state index < -0.39 is 30.4 Å². The minimum atomic E-state index is -4.01. The summed E-state index contributed by atoms with van der Waals surface area (Å²) in [5, 5.41) is 9.36. The lowest BCUT2D eigenvalue weighted by atomic mass is 9.99. The molecule has 0 radical (unpaired) electrons. The molecule has 0 heterocycles. The second kappa shape index (κ2) is 9.76. The first-order chi connectivity index (χ1) is 13.5. The molecule has 2 atom stereocenters. The summed E-state index contributed by atoms with van der Waals surface area (Å²) in [6, 6.07) is 3.90. The Morgan fingerprint density at radius 2 is 1.83 bits per heavy atom. The Balaban J connectivity index is 3.32. The molecule has 0 fully saturated rings. The molecule has 0 spiro atoms. The minimum absolute atomic E-state index is 0.00104. The van der Waals surface area contributed by atoms with E-state index in [2.05, 4.69) is 45.2 Å². The van der Waals surface area contributed by atoms with Crippen LogP contribution in [0.25, 0.3) is 0 Å². The first-order valence-corrected chi connectivity index (χ1v) is 14.6. The second-order valence-corrected chi connectivity index (χ2v) is 15.9. The molecule has 30 heavy (non-hydrogen) atoms. The van der Waals surface area contributed by atoms with E-state index in [0.29, 0.717) is 5.56 Å². The number of benzene rings is 1. The number of nitrogens with one attached hydrogen (secondary N) is 1. The third-order valence-electron chi connectivity index (χ3n) is 5.69. The van der Waals surface area contributed by atoms with Crippen LogP contribution in [0, 0.1) is 0 Å². The van der Waals surface area contributed by atoms with Crippen LogP contribution in [-0.4, -0.2) is 33.9 Å². The fraction of sp³-hybridized carbons (Fsp3) is 0.591. The quantitative estimate of drug-likeness (QED) is 0.374. The van der Waals surface area contributed by atoms with Crippen LogP contribution < -0.4 is 4.72 Å². The van der Waals surface area contributed by atoms with Gasteiger partial charge >= 0.3 is 5.97 Å². The van der Waals surface area contributed by atoms with Gasteiger partial charge in [-0.3, -0.25) is 4.79 Å². The van der Waals surface area contributed by atoms with Crippen LogP contribution in [0.3, 0.4) is 0 Å². The van der Waals surface area contributed by atoms with Gasteiger partial charge in [-0.2, -0.15) is 4.72 Å². The monoisotopic (exact) mass is 455 g/mol. The van der Waals surface area contributed by atoms with E-state index in [1.165, 1.54) is 6.08 Å². The summed E-state index contributed by atoms with van der Waals surface area (Å²) < 4.78 is 34.7. The number of hydrogen-bond acceptors (Lipinski definition) is 4. The Kier molecular flexibility index (Phi) is 8.64. The molecule has 0 saturated carbocycles. The highest BCUT2D eigenvalue weighted by Crippen LogP contribution is 2.40. The average molecular weight is 456 g/mol. The van der Waals surface area contributed by atoms with Crippen LogP contribution in [-0.2, 0) is 19.2 Å². The molecule has 0 aromatic heterocycles. The Morgan fingerprint density at radius 3 is 2.27 bits per heavy atom. The van der Waals surface area contributed by atoms with Crippen LogP contribution in [0.4, 0.5) is 0 Å². The van der Waals surface area contributed by atoms with Crippen molar-refractivity contribution in [1.29, 1.82) is 0 Å². The van der Waals surface area contributed by atoms with Crippen LogP contribution in [0.1, 0.15) is 71.1 Å². The zero-order valence-electron chi connectivity index (χ0n) is 19.4. The topological polar surface area (TPSA) is 92.7 Å². The van der Waals surface area contributed by atoms with Crippen LogP contribution in [0.2, 0.25) is 18.1 Å². The van der Waals surface area contributed by atoms with Gasteiger partial charge in [0.1, 0.15) is 6.04 Å². The smallest absolute Gasteiger partial charge is 0.322 e. The maximum Gasteiger partial charge on any atom is 0.322 e. The van der Waals surface area contributed by atoms with Crippen LogP contribution in [0.15, 0.2) is 35.7 Å². The van der Waals surface area contributed by atoms with E-state index in [4.69, 9.17) is 4.43 Å². The SMILES string of the molecule is C=CC[C@H](NS(=O)(=O)c1ccc([C@@H](C)O[Si](C)(C)C(C)(C)C)cc1C(C)C)C(=O)O. The van der Waals surface area contributed by atoms with Gasteiger partial charge in [-0.1, -0.05) is 52.8 Å². The van der Waals surface area contributed by atoms with Crippen molar-refractivity contribution in [2.75, 3.05) is 0 Å². The van der Waals surface area contributed by atoms with Gasteiger partial charge in [0.05, 0.1) is 11.0 Å². The number of carboxylic acids is 1. The molecule has 8 heteroatoms. The van der Waals surface area contributed by atoms with Crippen molar-refractivity contribution >= 4 is 24.3 Å². The van der Waals surface area contributed by atoms with E-state index in [0.717, 1.165) is 5.56 Å². The Bertz CT molecular complexity index is 872. The average Bonchev–Trinajstić information content (AvgIpc) is 2.59. The number of carbonyl (C=O) groups is 1. The third kappa shape index (κ3) is 6.51. The lowest BCUT2D eigenvalue weighted by Crippen LogP contribution is -2.41. The maximum atomic E-state index is 13.0. The van der Waals surface area contributed by atoms with Gasteiger partial charge in [-0.15, -0.1) is 6.58 Å². The molecular formula is C22H37NO5SSi. The predicted octanol–water partition coefficient (Wildman–Crippen LogP) is 5.20. The highest BCUT2D eigenvalue weighted by Gasteiger charge is 2.38. The maximum absolute atomic E-state index is 13.0. The first kappa shape index (κ1) is 26.6. The molecule has 0 saturated heterocycles. The van der Waals surface area contributed by atoms with Gasteiger partial charge in [0, 0.05) is 0 Å². The van der Waals surface area contributed by atoms with E-state index in [-0.39, 0.29) is 28.4 Å².